The van der Waals surface area contributed by atoms with E-state index in [0.29, 0.717) is 12.3 Å². The van der Waals surface area contributed by atoms with Crippen molar-refractivity contribution < 1.29 is 12.8 Å². The summed E-state index contributed by atoms with van der Waals surface area (Å²) in [6.45, 7) is 2.55. The highest BCUT2D eigenvalue weighted by Crippen LogP contribution is 2.13. The molecule has 1 atom stereocenters. The Morgan fingerprint density at radius 1 is 1.42 bits per heavy atom. The van der Waals surface area contributed by atoms with Crippen LogP contribution in [-0.2, 0) is 23.0 Å². The monoisotopic (exact) mass is 300 g/mol. The number of furan rings is 1. The van der Waals surface area contributed by atoms with E-state index < -0.39 is 10.0 Å². The quantitative estimate of drug-likeness (QED) is 0.850. The molecule has 5 nitrogen and oxygen atoms in total. The molecule has 0 saturated carbocycles. The van der Waals surface area contributed by atoms with E-state index in [4.69, 9.17) is 9.56 Å². The van der Waals surface area contributed by atoms with Crippen molar-refractivity contribution in [3.05, 3.63) is 40.3 Å². The third kappa shape index (κ3) is 4.17. The lowest BCUT2D eigenvalue weighted by Crippen LogP contribution is -2.27. The SMILES string of the molecule is CC(Cc1cccs1)NCc1ccc(S(N)(=O)=O)o1. The van der Waals surface area contributed by atoms with Gasteiger partial charge in [0.25, 0.3) is 10.0 Å². The molecule has 0 amide bonds. The van der Waals surface area contributed by atoms with Gasteiger partial charge in [0.05, 0.1) is 6.54 Å². The van der Waals surface area contributed by atoms with Crippen LogP contribution in [0.15, 0.2) is 39.2 Å². The van der Waals surface area contributed by atoms with Crippen LogP contribution >= 0.6 is 11.3 Å². The molecule has 0 radical (unpaired) electrons. The standard InChI is InChI=1S/C12H16N2O3S2/c1-9(7-11-3-2-6-18-11)14-8-10-4-5-12(17-10)19(13,15)16/h2-6,9,14H,7-8H2,1H3,(H2,13,15,16). The summed E-state index contributed by atoms with van der Waals surface area (Å²) in [5, 5.41) is 10.1. The topological polar surface area (TPSA) is 85.3 Å². The van der Waals surface area contributed by atoms with E-state index in [-0.39, 0.29) is 11.1 Å². The maximum Gasteiger partial charge on any atom is 0.271 e. The number of thiophene rings is 1. The molecule has 0 saturated heterocycles. The summed E-state index contributed by atoms with van der Waals surface area (Å²) < 4.78 is 27.3. The molecule has 2 aromatic rings. The molecule has 0 aliphatic heterocycles. The first-order valence-corrected chi connectivity index (χ1v) is 8.25. The molecule has 3 N–H and O–H groups in total. The zero-order valence-corrected chi connectivity index (χ0v) is 12.1. The Kier molecular flexibility index (Phi) is 4.41. The predicted octanol–water partition coefficient (Wildman–Crippen LogP) is 1.71. The van der Waals surface area contributed by atoms with Gasteiger partial charge in [-0.3, -0.25) is 0 Å². The minimum atomic E-state index is -3.75. The van der Waals surface area contributed by atoms with Gasteiger partial charge in [0.2, 0.25) is 5.09 Å². The van der Waals surface area contributed by atoms with Gasteiger partial charge < -0.3 is 9.73 Å². The van der Waals surface area contributed by atoms with Gasteiger partial charge in [0.15, 0.2) is 0 Å². The third-order valence-corrected chi connectivity index (χ3v) is 4.31. The van der Waals surface area contributed by atoms with Crippen molar-refractivity contribution >= 4 is 21.4 Å². The summed E-state index contributed by atoms with van der Waals surface area (Å²) in [6, 6.07) is 7.38. The molecular formula is C12H16N2O3S2. The van der Waals surface area contributed by atoms with E-state index in [0.717, 1.165) is 6.42 Å². The second kappa shape index (κ2) is 5.87. The van der Waals surface area contributed by atoms with E-state index in [1.165, 1.54) is 10.9 Å². The number of nitrogens with two attached hydrogens (primary N) is 1. The summed E-state index contributed by atoms with van der Waals surface area (Å²) in [6.07, 6.45) is 0.931. The molecule has 0 aliphatic carbocycles. The largest absolute Gasteiger partial charge is 0.447 e. The van der Waals surface area contributed by atoms with Gasteiger partial charge in [0, 0.05) is 10.9 Å². The zero-order valence-electron chi connectivity index (χ0n) is 10.5. The van der Waals surface area contributed by atoms with Crippen molar-refractivity contribution in [2.24, 2.45) is 5.14 Å². The predicted molar refractivity (Wildman–Crippen MR) is 74.4 cm³/mol. The van der Waals surface area contributed by atoms with Crippen LogP contribution in [-0.4, -0.2) is 14.5 Å². The number of hydrogen-bond acceptors (Lipinski definition) is 5. The van der Waals surface area contributed by atoms with E-state index in [1.807, 2.05) is 11.4 Å². The fraction of sp³-hybridized carbons (Fsp3) is 0.333. The van der Waals surface area contributed by atoms with Crippen LogP contribution in [0.25, 0.3) is 0 Å². The van der Waals surface area contributed by atoms with Gasteiger partial charge in [-0.15, -0.1) is 11.3 Å². The average Bonchev–Trinajstić information content (AvgIpc) is 2.95. The van der Waals surface area contributed by atoms with Crippen LogP contribution in [0.4, 0.5) is 0 Å². The highest BCUT2D eigenvalue weighted by Gasteiger charge is 2.13. The van der Waals surface area contributed by atoms with Crippen LogP contribution in [0, 0.1) is 0 Å². The zero-order chi connectivity index (χ0) is 13.9. The number of rotatable bonds is 6. The van der Waals surface area contributed by atoms with Gasteiger partial charge in [-0.1, -0.05) is 6.07 Å². The summed E-state index contributed by atoms with van der Waals surface area (Å²) in [5.74, 6) is 0.557. The summed E-state index contributed by atoms with van der Waals surface area (Å²) >= 11 is 1.72. The second-order valence-electron chi connectivity index (χ2n) is 4.33. The fourth-order valence-corrected chi connectivity index (χ4v) is 3.00. The Labute approximate surface area is 116 Å². The Hall–Kier alpha value is -1.15. The maximum absolute atomic E-state index is 11.1. The first-order chi connectivity index (χ1) is 8.95. The third-order valence-electron chi connectivity index (χ3n) is 2.63. The Morgan fingerprint density at radius 2 is 2.21 bits per heavy atom. The van der Waals surface area contributed by atoms with Crippen LogP contribution in [0.1, 0.15) is 17.6 Å². The number of primary sulfonamides is 1. The Bertz CT molecular complexity index is 617. The van der Waals surface area contributed by atoms with Gasteiger partial charge in [-0.05, 0) is 36.9 Å². The fourth-order valence-electron chi connectivity index (χ4n) is 1.68. The van der Waals surface area contributed by atoms with Crippen molar-refractivity contribution in [1.82, 2.24) is 5.32 Å². The van der Waals surface area contributed by atoms with Crippen LogP contribution in [0.2, 0.25) is 0 Å². The lowest BCUT2D eigenvalue weighted by atomic mass is 10.2. The smallest absolute Gasteiger partial charge is 0.271 e. The Morgan fingerprint density at radius 3 is 2.79 bits per heavy atom. The average molecular weight is 300 g/mol. The lowest BCUT2D eigenvalue weighted by molar-refractivity contribution is 0.392. The van der Waals surface area contributed by atoms with Crippen LogP contribution in [0.5, 0.6) is 0 Å². The Balaban J connectivity index is 1.87. The number of sulfonamides is 1. The molecule has 0 aliphatic rings. The van der Waals surface area contributed by atoms with Crippen LogP contribution in [0.3, 0.4) is 0 Å². The normalized spacial score (nSPS) is 13.6. The van der Waals surface area contributed by atoms with Crippen molar-refractivity contribution in [3.63, 3.8) is 0 Å². The molecule has 0 spiro atoms. The molecule has 0 aromatic carbocycles. The van der Waals surface area contributed by atoms with Gasteiger partial charge in [-0.25, -0.2) is 13.6 Å². The van der Waals surface area contributed by atoms with Crippen molar-refractivity contribution in [1.29, 1.82) is 0 Å². The second-order valence-corrected chi connectivity index (χ2v) is 6.86. The summed E-state index contributed by atoms with van der Waals surface area (Å²) in [7, 11) is -3.75. The molecule has 0 bridgehead atoms. The summed E-state index contributed by atoms with van der Waals surface area (Å²) in [4.78, 5) is 1.31. The minimum absolute atomic E-state index is 0.199. The molecule has 7 heteroatoms. The number of nitrogens with one attached hydrogen (secondary N) is 1. The molecule has 2 heterocycles. The summed E-state index contributed by atoms with van der Waals surface area (Å²) in [5.41, 5.74) is 0. The van der Waals surface area contributed by atoms with Gasteiger partial charge >= 0.3 is 0 Å². The van der Waals surface area contributed by atoms with Crippen molar-refractivity contribution in [3.8, 4) is 0 Å². The lowest BCUT2D eigenvalue weighted by Gasteiger charge is -2.11. The molecule has 19 heavy (non-hydrogen) atoms. The molecule has 2 rings (SSSR count). The first-order valence-electron chi connectivity index (χ1n) is 5.82. The molecule has 104 valence electrons. The molecule has 2 aromatic heterocycles. The first kappa shape index (κ1) is 14.3. The molecular weight excluding hydrogens is 284 g/mol. The number of hydrogen-bond donors (Lipinski definition) is 2. The maximum atomic E-state index is 11.1. The highest BCUT2D eigenvalue weighted by atomic mass is 32.2. The van der Waals surface area contributed by atoms with E-state index >= 15 is 0 Å². The van der Waals surface area contributed by atoms with E-state index in [2.05, 4.69) is 18.3 Å². The highest BCUT2D eigenvalue weighted by molar-refractivity contribution is 7.89. The van der Waals surface area contributed by atoms with Crippen molar-refractivity contribution in [2.45, 2.75) is 31.0 Å². The van der Waals surface area contributed by atoms with Gasteiger partial charge in [0.1, 0.15) is 5.76 Å². The minimum Gasteiger partial charge on any atom is -0.447 e. The van der Waals surface area contributed by atoms with E-state index in [9.17, 15) is 8.42 Å². The van der Waals surface area contributed by atoms with Gasteiger partial charge in [-0.2, -0.15) is 0 Å². The molecule has 0 fully saturated rings. The van der Waals surface area contributed by atoms with Crippen molar-refractivity contribution in [2.75, 3.05) is 0 Å². The van der Waals surface area contributed by atoms with E-state index in [1.54, 1.807) is 17.4 Å². The van der Waals surface area contributed by atoms with Crippen LogP contribution < -0.4 is 10.5 Å². The molecule has 1 unspecified atom stereocenters.